The van der Waals surface area contributed by atoms with Gasteiger partial charge in [-0.1, -0.05) is 73.7 Å². The number of carbonyl (C=O) groups is 2. The summed E-state index contributed by atoms with van der Waals surface area (Å²) in [6.07, 6.45) is 0.509. The lowest BCUT2D eigenvalue weighted by molar-refractivity contribution is -0.143. The molecule has 3 aromatic carbocycles. The number of nitrogens with one attached hydrogen (secondary N) is 1. The Morgan fingerprint density at radius 3 is 2.28 bits per heavy atom. The molecule has 0 unspecified atom stereocenters. The standard InChI is InChI=1S/C27H32N2O3/c1-5-23(26(31)28-27(2,3)4)29(18-20-12-7-6-8-13-20)25(30)19-32-24-17-11-15-21-14-9-10-16-22(21)24/h6-17,23H,5,18-19H2,1-4H3,(H,28,31)/t23-/m1/s1. The minimum atomic E-state index is -0.585. The summed E-state index contributed by atoms with van der Waals surface area (Å²) in [5.74, 6) is 0.274. The van der Waals surface area contributed by atoms with E-state index in [9.17, 15) is 9.59 Å². The van der Waals surface area contributed by atoms with Gasteiger partial charge in [-0.25, -0.2) is 0 Å². The highest BCUT2D eigenvalue weighted by Crippen LogP contribution is 2.25. The summed E-state index contributed by atoms with van der Waals surface area (Å²) in [6.45, 7) is 7.93. The third-order valence-corrected chi connectivity index (χ3v) is 5.18. The lowest BCUT2D eigenvalue weighted by atomic mass is 10.1. The summed E-state index contributed by atoms with van der Waals surface area (Å²) in [6, 6.07) is 22.8. The number of rotatable bonds is 8. The highest BCUT2D eigenvalue weighted by Gasteiger charge is 2.30. The molecule has 0 aliphatic heterocycles. The third-order valence-electron chi connectivity index (χ3n) is 5.18. The maximum absolute atomic E-state index is 13.3. The lowest BCUT2D eigenvalue weighted by Crippen LogP contribution is -2.54. The van der Waals surface area contributed by atoms with Crippen LogP contribution in [0.25, 0.3) is 10.8 Å². The van der Waals surface area contributed by atoms with Crippen LogP contribution in [0.15, 0.2) is 72.8 Å². The Labute approximate surface area is 190 Å². The van der Waals surface area contributed by atoms with Crippen LogP contribution < -0.4 is 10.1 Å². The van der Waals surface area contributed by atoms with Gasteiger partial charge in [0.1, 0.15) is 11.8 Å². The molecule has 0 saturated heterocycles. The van der Waals surface area contributed by atoms with E-state index in [2.05, 4.69) is 5.32 Å². The van der Waals surface area contributed by atoms with Crippen molar-refractivity contribution < 1.29 is 14.3 Å². The van der Waals surface area contributed by atoms with Crippen molar-refractivity contribution in [2.45, 2.75) is 52.2 Å². The zero-order valence-corrected chi connectivity index (χ0v) is 19.3. The van der Waals surface area contributed by atoms with Gasteiger partial charge < -0.3 is 15.0 Å². The fourth-order valence-electron chi connectivity index (χ4n) is 3.70. The molecule has 32 heavy (non-hydrogen) atoms. The quantitative estimate of drug-likeness (QED) is 0.548. The van der Waals surface area contributed by atoms with E-state index in [-0.39, 0.29) is 24.0 Å². The maximum atomic E-state index is 13.3. The monoisotopic (exact) mass is 432 g/mol. The molecule has 3 rings (SSSR count). The summed E-state index contributed by atoms with van der Waals surface area (Å²) in [5, 5.41) is 5.02. The van der Waals surface area contributed by atoms with E-state index in [1.165, 1.54) is 0 Å². The van der Waals surface area contributed by atoms with Gasteiger partial charge in [0.2, 0.25) is 5.91 Å². The van der Waals surface area contributed by atoms with Crippen molar-refractivity contribution in [1.29, 1.82) is 0 Å². The molecule has 0 saturated carbocycles. The van der Waals surface area contributed by atoms with Crippen molar-refractivity contribution >= 4 is 22.6 Å². The second-order valence-corrected chi connectivity index (χ2v) is 8.94. The Bertz CT molecular complexity index is 1050. The number of benzene rings is 3. The smallest absolute Gasteiger partial charge is 0.261 e. The van der Waals surface area contributed by atoms with Crippen LogP contribution >= 0.6 is 0 Å². The molecule has 0 aromatic heterocycles. The van der Waals surface area contributed by atoms with Gasteiger partial charge >= 0.3 is 0 Å². The average Bonchev–Trinajstić information content (AvgIpc) is 2.76. The van der Waals surface area contributed by atoms with Crippen molar-refractivity contribution in [1.82, 2.24) is 10.2 Å². The Hall–Kier alpha value is -3.34. The first-order valence-electron chi connectivity index (χ1n) is 11.0. The predicted octanol–water partition coefficient (Wildman–Crippen LogP) is 4.94. The van der Waals surface area contributed by atoms with E-state index < -0.39 is 6.04 Å². The molecule has 5 heteroatoms. The van der Waals surface area contributed by atoms with Crippen LogP contribution in [-0.2, 0) is 16.1 Å². The number of hydrogen-bond acceptors (Lipinski definition) is 3. The summed E-state index contributed by atoms with van der Waals surface area (Å²) < 4.78 is 5.95. The summed E-state index contributed by atoms with van der Waals surface area (Å²) in [4.78, 5) is 28.0. The van der Waals surface area contributed by atoms with Crippen LogP contribution in [0.2, 0.25) is 0 Å². The third kappa shape index (κ3) is 6.10. The van der Waals surface area contributed by atoms with E-state index in [4.69, 9.17) is 4.74 Å². The van der Waals surface area contributed by atoms with Crippen molar-refractivity contribution in [3.8, 4) is 5.75 Å². The first-order valence-corrected chi connectivity index (χ1v) is 11.0. The molecule has 0 fully saturated rings. The van der Waals surface area contributed by atoms with Crippen molar-refractivity contribution in [3.05, 3.63) is 78.4 Å². The number of nitrogens with zero attached hydrogens (tertiary/aromatic N) is 1. The molecular weight excluding hydrogens is 400 g/mol. The number of ether oxygens (including phenoxy) is 1. The molecule has 0 heterocycles. The fraction of sp³-hybridized carbons (Fsp3) is 0.333. The van der Waals surface area contributed by atoms with Crippen LogP contribution in [0.4, 0.5) is 0 Å². The molecule has 0 spiro atoms. The number of fused-ring (bicyclic) bond motifs is 1. The highest BCUT2D eigenvalue weighted by molar-refractivity contribution is 5.90. The van der Waals surface area contributed by atoms with Crippen molar-refractivity contribution in [3.63, 3.8) is 0 Å². The molecule has 168 valence electrons. The fourth-order valence-corrected chi connectivity index (χ4v) is 3.70. The summed E-state index contributed by atoms with van der Waals surface area (Å²) in [5.41, 5.74) is 0.582. The van der Waals surface area contributed by atoms with Gasteiger partial charge in [0.15, 0.2) is 6.61 Å². The number of amides is 2. The van der Waals surface area contributed by atoms with Crippen LogP contribution in [0.5, 0.6) is 5.75 Å². The summed E-state index contributed by atoms with van der Waals surface area (Å²) >= 11 is 0. The SMILES string of the molecule is CC[C@H](C(=O)NC(C)(C)C)N(Cc1ccccc1)C(=O)COc1cccc2ccccc12. The van der Waals surface area contributed by atoms with Gasteiger partial charge in [-0.2, -0.15) is 0 Å². The van der Waals surface area contributed by atoms with Gasteiger partial charge in [-0.05, 0) is 44.2 Å². The second kappa shape index (κ2) is 10.3. The largest absolute Gasteiger partial charge is 0.483 e. The molecule has 0 bridgehead atoms. The minimum Gasteiger partial charge on any atom is -0.483 e. The maximum Gasteiger partial charge on any atom is 0.261 e. The molecule has 2 amide bonds. The van der Waals surface area contributed by atoms with Crippen LogP contribution in [0, 0.1) is 0 Å². The van der Waals surface area contributed by atoms with Gasteiger partial charge in [0, 0.05) is 17.5 Å². The van der Waals surface area contributed by atoms with Gasteiger partial charge in [-0.15, -0.1) is 0 Å². The lowest BCUT2D eigenvalue weighted by Gasteiger charge is -2.33. The highest BCUT2D eigenvalue weighted by atomic mass is 16.5. The molecule has 0 aliphatic rings. The Balaban J connectivity index is 1.82. The Morgan fingerprint density at radius 1 is 0.938 bits per heavy atom. The van der Waals surface area contributed by atoms with Crippen LogP contribution in [-0.4, -0.2) is 34.9 Å². The molecule has 5 nitrogen and oxygen atoms in total. The first kappa shape index (κ1) is 23.3. The van der Waals surface area contributed by atoms with Crippen molar-refractivity contribution in [2.24, 2.45) is 0 Å². The molecule has 3 aromatic rings. The van der Waals surface area contributed by atoms with Gasteiger partial charge in [-0.3, -0.25) is 9.59 Å². The minimum absolute atomic E-state index is 0.139. The van der Waals surface area contributed by atoms with Crippen molar-refractivity contribution in [2.75, 3.05) is 6.61 Å². The zero-order valence-electron chi connectivity index (χ0n) is 19.3. The molecule has 0 radical (unpaired) electrons. The molecular formula is C27H32N2O3. The number of hydrogen-bond donors (Lipinski definition) is 1. The van der Waals surface area contributed by atoms with E-state index in [0.717, 1.165) is 16.3 Å². The van der Waals surface area contributed by atoms with E-state index in [1.54, 1.807) is 4.90 Å². The summed E-state index contributed by atoms with van der Waals surface area (Å²) in [7, 11) is 0. The second-order valence-electron chi connectivity index (χ2n) is 8.94. The molecule has 0 aliphatic carbocycles. The van der Waals surface area contributed by atoms with Crippen LogP contribution in [0.3, 0.4) is 0 Å². The van der Waals surface area contributed by atoms with E-state index in [0.29, 0.717) is 18.7 Å². The number of carbonyl (C=O) groups excluding carboxylic acids is 2. The Morgan fingerprint density at radius 2 is 1.59 bits per heavy atom. The topological polar surface area (TPSA) is 58.6 Å². The average molecular weight is 433 g/mol. The zero-order chi connectivity index (χ0) is 23.1. The van der Waals surface area contributed by atoms with E-state index >= 15 is 0 Å². The predicted molar refractivity (Wildman–Crippen MR) is 128 cm³/mol. The first-order chi connectivity index (χ1) is 15.3. The molecule has 1 atom stereocenters. The molecule has 1 N–H and O–H groups in total. The van der Waals surface area contributed by atoms with Gasteiger partial charge in [0.05, 0.1) is 0 Å². The normalized spacial score (nSPS) is 12.2. The van der Waals surface area contributed by atoms with Crippen LogP contribution in [0.1, 0.15) is 39.7 Å². The van der Waals surface area contributed by atoms with E-state index in [1.807, 2.05) is 100 Å². The Kier molecular flexibility index (Phi) is 7.52. The van der Waals surface area contributed by atoms with Gasteiger partial charge in [0.25, 0.3) is 5.91 Å².